The number of thiazole rings is 1. The maximum Gasteiger partial charge on any atom is 0.250 e. The zero-order chi connectivity index (χ0) is 15.4. The molecule has 3 aromatic rings. The lowest BCUT2D eigenvalue weighted by atomic mass is 10.1. The summed E-state index contributed by atoms with van der Waals surface area (Å²) >= 11 is 1.40. The Labute approximate surface area is 132 Å². The van der Waals surface area contributed by atoms with E-state index in [-0.39, 0.29) is 5.91 Å². The Kier molecular flexibility index (Phi) is 4.16. The number of carbonyl (C=O) groups excluding carboxylic acids is 1. The van der Waals surface area contributed by atoms with Crippen molar-refractivity contribution in [2.45, 2.75) is 6.92 Å². The standard InChI is InChI=1S/C17H14N2O2S/c1-12-4-6-13(7-5-12)15-11-22-17(18-15)19-16(20)9-8-14-3-2-10-21-14/h2-11H,1H3,(H,18,19,20). The van der Waals surface area contributed by atoms with E-state index < -0.39 is 0 Å². The zero-order valence-electron chi connectivity index (χ0n) is 11.9. The first-order valence-electron chi connectivity index (χ1n) is 6.76. The molecule has 5 heteroatoms. The van der Waals surface area contributed by atoms with E-state index in [9.17, 15) is 4.79 Å². The fraction of sp³-hybridized carbons (Fsp3) is 0.0588. The van der Waals surface area contributed by atoms with Crippen LogP contribution in [-0.4, -0.2) is 10.9 Å². The van der Waals surface area contributed by atoms with E-state index in [1.165, 1.54) is 23.0 Å². The topological polar surface area (TPSA) is 55.1 Å². The lowest BCUT2D eigenvalue weighted by molar-refractivity contribution is -0.111. The van der Waals surface area contributed by atoms with Crippen molar-refractivity contribution in [3.8, 4) is 11.3 Å². The van der Waals surface area contributed by atoms with Gasteiger partial charge in [-0.1, -0.05) is 29.8 Å². The number of aryl methyl sites for hydroxylation is 1. The van der Waals surface area contributed by atoms with Crippen molar-refractivity contribution in [1.82, 2.24) is 4.98 Å². The molecule has 0 saturated heterocycles. The number of furan rings is 1. The molecule has 1 N–H and O–H groups in total. The lowest BCUT2D eigenvalue weighted by Gasteiger charge is -1.98. The first-order valence-corrected chi connectivity index (χ1v) is 7.64. The molecule has 0 aliphatic heterocycles. The number of carbonyl (C=O) groups is 1. The predicted octanol–water partition coefficient (Wildman–Crippen LogP) is 4.36. The third-order valence-electron chi connectivity index (χ3n) is 3.02. The van der Waals surface area contributed by atoms with Gasteiger partial charge < -0.3 is 4.42 Å². The van der Waals surface area contributed by atoms with Crippen LogP contribution in [0.25, 0.3) is 17.3 Å². The Hall–Kier alpha value is -2.66. The number of hydrogen-bond acceptors (Lipinski definition) is 4. The van der Waals surface area contributed by atoms with Crippen LogP contribution in [0.2, 0.25) is 0 Å². The van der Waals surface area contributed by atoms with Gasteiger partial charge in [-0.2, -0.15) is 0 Å². The van der Waals surface area contributed by atoms with E-state index in [0.29, 0.717) is 10.9 Å². The molecule has 0 aliphatic carbocycles. The maximum atomic E-state index is 11.8. The number of nitrogens with one attached hydrogen (secondary N) is 1. The molecule has 1 aromatic carbocycles. The Morgan fingerprint density at radius 1 is 1.27 bits per heavy atom. The summed E-state index contributed by atoms with van der Waals surface area (Å²) < 4.78 is 5.13. The summed E-state index contributed by atoms with van der Waals surface area (Å²) in [6.45, 7) is 2.04. The summed E-state index contributed by atoms with van der Waals surface area (Å²) in [6, 6.07) is 11.7. The van der Waals surface area contributed by atoms with E-state index >= 15 is 0 Å². The van der Waals surface area contributed by atoms with Crippen molar-refractivity contribution in [3.05, 3.63) is 65.4 Å². The molecule has 3 rings (SSSR count). The van der Waals surface area contributed by atoms with Gasteiger partial charge in [0.2, 0.25) is 5.91 Å². The van der Waals surface area contributed by atoms with Crippen molar-refractivity contribution in [2.75, 3.05) is 5.32 Å². The molecule has 0 spiro atoms. The van der Waals surface area contributed by atoms with E-state index in [1.807, 2.05) is 36.6 Å². The Balaban J connectivity index is 1.66. The van der Waals surface area contributed by atoms with Crippen molar-refractivity contribution < 1.29 is 9.21 Å². The number of amides is 1. The van der Waals surface area contributed by atoms with Gasteiger partial charge in [-0.05, 0) is 25.1 Å². The minimum absolute atomic E-state index is 0.235. The van der Waals surface area contributed by atoms with E-state index in [4.69, 9.17) is 4.42 Å². The first-order chi connectivity index (χ1) is 10.7. The molecule has 2 aromatic heterocycles. The van der Waals surface area contributed by atoms with Crippen LogP contribution in [0.15, 0.2) is 58.5 Å². The fourth-order valence-electron chi connectivity index (χ4n) is 1.88. The normalized spacial score (nSPS) is 11.0. The van der Waals surface area contributed by atoms with Gasteiger partial charge in [0.05, 0.1) is 12.0 Å². The molecule has 0 fully saturated rings. The van der Waals surface area contributed by atoms with Crippen LogP contribution in [0.3, 0.4) is 0 Å². The van der Waals surface area contributed by atoms with Crippen LogP contribution >= 0.6 is 11.3 Å². The molecule has 1 amide bonds. The van der Waals surface area contributed by atoms with Gasteiger partial charge in [-0.3, -0.25) is 10.1 Å². The Morgan fingerprint density at radius 2 is 2.09 bits per heavy atom. The molecule has 22 heavy (non-hydrogen) atoms. The summed E-state index contributed by atoms with van der Waals surface area (Å²) in [5, 5.41) is 5.25. The average molecular weight is 310 g/mol. The third-order valence-corrected chi connectivity index (χ3v) is 3.78. The van der Waals surface area contributed by atoms with Gasteiger partial charge in [-0.15, -0.1) is 11.3 Å². The number of rotatable bonds is 4. The zero-order valence-corrected chi connectivity index (χ0v) is 12.8. The minimum atomic E-state index is -0.235. The first kappa shape index (κ1) is 14.3. The molecule has 4 nitrogen and oxygen atoms in total. The average Bonchev–Trinajstić information content (AvgIpc) is 3.17. The van der Waals surface area contributed by atoms with Crippen molar-refractivity contribution >= 4 is 28.5 Å². The highest BCUT2D eigenvalue weighted by Gasteiger charge is 2.06. The number of nitrogens with zero attached hydrogens (tertiary/aromatic N) is 1. The van der Waals surface area contributed by atoms with E-state index in [1.54, 1.807) is 24.5 Å². The molecule has 2 heterocycles. The summed E-state index contributed by atoms with van der Waals surface area (Å²) in [4.78, 5) is 16.2. The summed E-state index contributed by atoms with van der Waals surface area (Å²) in [6.07, 6.45) is 4.60. The lowest BCUT2D eigenvalue weighted by Crippen LogP contribution is -2.07. The van der Waals surface area contributed by atoms with Crippen LogP contribution in [0.4, 0.5) is 5.13 Å². The highest BCUT2D eigenvalue weighted by Crippen LogP contribution is 2.25. The van der Waals surface area contributed by atoms with Gasteiger partial charge in [0.1, 0.15) is 5.76 Å². The highest BCUT2D eigenvalue weighted by atomic mass is 32.1. The van der Waals surface area contributed by atoms with Crippen LogP contribution in [0, 0.1) is 6.92 Å². The fourth-order valence-corrected chi connectivity index (χ4v) is 2.60. The quantitative estimate of drug-likeness (QED) is 0.728. The van der Waals surface area contributed by atoms with Gasteiger partial charge in [0.15, 0.2) is 5.13 Å². The second-order valence-corrected chi connectivity index (χ2v) is 5.60. The third kappa shape index (κ3) is 3.51. The number of aromatic nitrogens is 1. The van der Waals surface area contributed by atoms with Gasteiger partial charge in [-0.25, -0.2) is 4.98 Å². The molecule has 0 bridgehead atoms. The number of benzene rings is 1. The maximum absolute atomic E-state index is 11.8. The molecule has 110 valence electrons. The number of hydrogen-bond donors (Lipinski definition) is 1. The van der Waals surface area contributed by atoms with E-state index in [0.717, 1.165) is 11.3 Å². The monoisotopic (exact) mass is 310 g/mol. The molecule has 0 radical (unpaired) electrons. The second-order valence-electron chi connectivity index (χ2n) is 4.74. The Morgan fingerprint density at radius 3 is 2.82 bits per heavy atom. The molecular weight excluding hydrogens is 296 g/mol. The second kappa shape index (κ2) is 6.41. The SMILES string of the molecule is Cc1ccc(-c2csc(NC(=O)C=Cc3ccco3)n2)cc1. The van der Waals surface area contributed by atoms with Gasteiger partial charge in [0.25, 0.3) is 0 Å². The van der Waals surface area contributed by atoms with Crippen molar-refractivity contribution in [2.24, 2.45) is 0 Å². The van der Waals surface area contributed by atoms with Gasteiger partial charge >= 0.3 is 0 Å². The highest BCUT2D eigenvalue weighted by molar-refractivity contribution is 7.14. The summed E-state index contributed by atoms with van der Waals surface area (Å²) in [5.41, 5.74) is 3.10. The van der Waals surface area contributed by atoms with Crippen LogP contribution in [-0.2, 0) is 4.79 Å². The van der Waals surface area contributed by atoms with Gasteiger partial charge in [0, 0.05) is 17.0 Å². The molecule has 0 aliphatic rings. The summed E-state index contributed by atoms with van der Waals surface area (Å²) in [5.74, 6) is 0.399. The molecule has 0 saturated carbocycles. The largest absolute Gasteiger partial charge is 0.465 e. The smallest absolute Gasteiger partial charge is 0.250 e. The minimum Gasteiger partial charge on any atom is -0.465 e. The predicted molar refractivity (Wildman–Crippen MR) is 88.7 cm³/mol. The molecular formula is C17H14N2O2S. The van der Waals surface area contributed by atoms with Crippen molar-refractivity contribution in [3.63, 3.8) is 0 Å². The van der Waals surface area contributed by atoms with Crippen LogP contribution in [0.1, 0.15) is 11.3 Å². The molecule has 0 atom stereocenters. The Bertz CT molecular complexity index is 786. The molecule has 0 unspecified atom stereocenters. The van der Waals surface area contributed by atoms with E-state index in [2.05, 4.69) is 10.3 Å². The summed E-state index contributed by atoms with van der Waals surface area (Å²) in [7, 11) is 0. The van der Waals surface area contributed by atoms with Crippen LogP contribution in [0.5, 0.6) is 0 Å². The number of anilines is 1. The van der Waals surface area contributed by atoms with Crippen molar-refractivity contribution in [1.29, 1.82) is 0 Å². The van der Waals surface area contributed by atoms with Crippen LogP contribution < -0.4 is 5.32 Å².